The topological polar surface area (TPSA) is 61.2 Å². The minimum atomic E-state index is -0.366. The maximum absolute atomic E-state index is 12.9. The maximum Gasteiger partial charge on any atom is 0.262 e. The van der Waals surface area contributed by atoms with Crippen molar-refractivity contribution >= 4 is 28.4 Å². The second-order valence-electron chi connectivity index (χ2n) is 6.35. The highest BCUT2D eigenvalue weighted by Gasteiger charge is 2.20. The molecule has 0 radical (unpaired) electrons. The van der Waals surface area contributed by atoms with E-state index in [4.69, 9.17) is 4.74 Å². The van der Waals surface area contributed by atoms with Gasteiger partial charge in [-0.2, -0.15) is 0 Å². The molecule has 0 aliphatic carbocycles. The second kappa shape index (κ2) is 8.50. The van der Waals surface area contributed by atoms with E-state index in [-0.39, 0.29) is 16.6 Å². The molecule has 0 saturated carbocycles. The lowest BCUT2D eigenvalue weighted by Crippen LogP contribution is -2.26. The fraction of sp³-hybridized carbons (Fsp3) is 0.286. The molecular weight excluding hydrogens is 360 g/mol. The number of Topliss-reactive ketones (excluding diaryl/α,β-unsaturated/α-hetero) is 1. The van der Waals surface area contributed by atoms with Crippen molar-refractivity contribution in [3.63, 3.8) is 0 Å². The fourth-order valence-electron chi connectivity index (χ4n) is 2.78. The van der Waals surface area contributed by atoms with E-state index in [0.29, 0.717) is 34.8 Å². The van der Waals surface area contributed by atoms with Gasteiger partial charge in [-0.25, -0.2) is 4.98 Å². The van der Waals surface area contributed by atoms with Crippen molar-refractivity contribution in [2.45, 2.75) is 30.8 Å². The van der Waals surface area contributed by atoms with Gasteiger partial charge < -0.3 is 4.74 Å². The number of aromatic nitrogens is 2. The number of rotatable bonds is 7. The Morgan fingerprint density at radius 1 is 1.19 bits per heavy atom. The van der Waals surface area contributed by atoms with E-state index in [1.807, 2.05) is 56.3 Å². The Kier molecular flexibility index (Phi) is 6.08. The van der Waals surface area contributed by atoms with E-state index in [9.17, 15) is 9.59 Å². The third-order valence-electron chi connectivity index (χ3n) is 4.33. The van der Waals surface area contributed by atoms with Gasteiger partial charge >= 0.3 is 0 Å². The summed E-state index contributed by atoms with van der Waals surface area (Å²) in [6.45, 7) is 4.61. The van der Waals surface area contributed by atoms with Gasteiger partial charge in [-0.3, -0.25) is 14.2 Å². The quantitative estimate of drug-likeness (QED) is 0.354. The molecular formula is C21H22N2O3S. The van der Waals surface area contributed by atoms with Crippen LogP contribution < -0.4 is 5.56 Å². The minimum absolute atomic E-state index is 0.0145. The highest BCUT2D eigenvalue weighted by atomic mass is 32.2. The summed E-state index contributed by atoms with van der Waals surface area (Å²) < 4.78 is 6.73. The van der Waals surface area contributed by atoms with Crippen molar-refractivity contribution in [3.8, 4) is 0 Å². The van der Waals surface area contributed by atoms with Gasteiger partial charge in [0.1, 0.15) is 0 Å². The lowest BCUT2D eigenvalue weighted by molar-refractivity contribution is 0.0994. The lowest BCUT2D eigenvalue weighted by Gasteiger charge is -2.16. The van der Waals surface area contributed by atoms with Crippen LogP contribution in [0.1, 0.15) is 22.8 Å². The third kappa shape index (κ3) is 4.28. The maximum atomic E-state index is 12.9. The van der Waals surface area contributed by atoms with E-state index in [1.165, 1.54) is 11.8 Å². The second-order valence-corrected chi connectivity index (χ2v) is 7.66. The largest absolute Gasteiger partial charge is 0.383 e. The molecule has 2 aromatic carbocycles. The van der Waals surface area contributed by atoms with Crippen LogP contribution in [0.15, 0.2) is 58.5 Å². The molecule has 6 heteroatoms. The van der Waals surface area contributed by atoms with Gasteiger partial charge in [-0.1, -0.05) is 53.7 Å². The van der Waals surface area contributed by atoms with E-state index in [1.54, 1.807) is 17.7 Å². The van der Waals surface area contributed by atoms with Gasteiger partial charge in [0.2, 0.25) is 0 Å². The fourth-order valence-corrected chi connectivity index (χ4v) is 3.79. The first-order valence-electron chi connectivity index (χ1n) is 8.77. The number of benzene rings is 2. The van der Waals surface area contributed by atoms with Gasteiger partial charge in [-0.05, 0) is 26.0 Å². The summed E-state index contributed by atoms with van der Waals surface area (Å²) in [6, 6.07) is 14.8. The van der Waals surface area contributed by atoms with E-state index < -0.39 is 0 Å². The van der Waals surface area contributed by atoms with Crippen LogP contribution in [-0.2, 0) is 11.3 Å². The summed E-state index contributed by atoms with van der Waals surface area (Å²) in [5, 5.41) is 0.730. The number of methoxy groups -OCH3 is 1. The first-order chi connectivity index (χ1) is 13.0. The number of ether oxygens (including phenoxy) is 1. The van der Waals surface area contributed by atoms with Crippen molar-refractivity contribution in [2.75, 3.05) is 13.7 Å². The standard InChI is InChI=1S/C21H22N2O3S/c1-14-8-10-16(11-9-14)19(24)15(2)27-21-22-18-7-5-4-6-17(18)20(25)23(21)12-13-26-3/h4-11,15H,12-13H2,1-3H3. The van der Waals surface area contributed by atoms with Crippen molar-refractivity contribution in [1.82, 2.24) is 9.55 Å². The molecule has 27 heavy (non-hydrogen) atoms. The Balaban J connectivity index is 1.95. The summed E-state index contributed by atoms with van der Waals surface area (Å²) in [6.07, 6.45) is 0. The van der Waals surface area contributed by atoms with Crippen LogP contribution in [0, 0.1) is 6.92 Å². The summed E-state index contributed by atoms with van der Waals surface area (Å²) in [5.74, 6) is 0.0145. The Morgan fingerprint density at radius 3 is 2.59 bits per heavy atom. The van der Waals surface area contributed by atoms with E-state index >= 15 is 0 Å². The number of fused-ring (bicyclic) bond motifs is 1. The number of carbonyl (C=O) groups is 1. The molecule has 1 aromatic heterocycles. The zero-order chi connectivity index (χ0) is 19.4. The van der Waals surface area contributed by atoms with Crippen molar-refractivity contribution in [3.05, 3.63) is 70.0 Å². The summed E-state index contributed by atoms with van der Waals surface area (Å²) in [5.41, 5.74) is 2.28. The van der Waals surface area contributed by atoms with Crippen LogP contribution in [0.4, 0.5) is 0 Å². The molecule has 0 aliphatic rings. The van der Waals surface area contributed by atoms with Crippen molar-refractivity contribution < 1.29 is 9.53 Å². The van der Waals surface area contributed by atoms with Gasteiger partial charge in [0.15, 0.2) is 10.9 Å². The molecule has 5 nitrogen and oxygen atoms in total. The Labute approximate surface area is 162 Å². The van der Waals surface area contributed by atoms with Crippen LogP contribution in [0.25, 0.3) is 10.9 Å². The molecule has 3 aromatic rings. The molecule has 0 saturated heterocycles. The smallest absolute Gasteiger partial charge is 0.262 e. The molecule has 1 heterocycles. The molecule has 3 rings (SSSR count). The number of aryl methyl sites for hydroxylation is 1. The number of hydrogen-bond donors (Lipinski definition) is 0. The average Bonchev–Trinajstić information content (AvgIpc) is 2.68. The van der Waals surface area contributed by atoms with Gasteiger partial charge in [0, 0.05) is 12.7 Å². The summed E-state index contributed by atoms with van der Waals surface area (Å²) in [7, 11) is 1.59. The highest BCUT2D eigenvalue weighted by molar-refractivity contribution is 8.00. The molecule has 0 spiro atoms. The minimum Gasteiger partial charge on any atom is -0.383 e. The number of hydrogen-bond acceptors (Lipinski definition) is 5. The summed E-state index contributed by atoms with van der Waals surface area (Å²) in [4.78, 5) is 30.3. The van der Waals surface area contributed by atoms with Crippen molar-refractivity contribution in [2.24, 2.45) is 0 Å². The normalized spacial score (nSPS) is 12.3. The SMILES string of the molecule is COCCn1c(SC(C)C(=O)c2ccc(C)cc2)nc2ccccc2c1=O. The number of ketones is 1. The Bertz CT molecular complexity index is 1010. The Morgan fingerprint density at radius 2 is 1.89 bits per heavy atom. The Hall–Kier alpha value is -2.44. The number of carbonyl (C=O) groups excluding carboxylic acids is 1. The summed E-state index contributed by atoms with van der Waals surface area (Å²) >= 11 is 1.30. The predicted molar refractivity (Wildman–Crippen MR) is 109 cm³/mol. The van der Waals surface area contributed by atoms with Crippen LogP contribution >= 0.6 is 11.8 Å². The number of thioether (sulfide) groups is 1. The van der Waals surface area contributed by atoms with Crippen LogP contribution in [0.5, 0.6) is 0 Å². The molecule has 0 N–H and O–H groups in total. The zero-order valence-corrected chi connectivity index (χ0v) is 16.5. The molecule has 140 valence electrons. The zero-order valence-electron chi connectivity index (χ0n) is 15.6. The first-order valence-corrected chi connectivity index (χ1v) is 9.65. The average molecular weight is 382 g/mol. The molecule has 1 unspecified atom stereocenters. The number of para-hydroxylation sites is 1. The van der Waals surface area contributed by atoms with Gasteiger partial charge in [-0.15, -0.1) is 0 Å². The molecule has 0 aliphatic heterocycles. The molecule has 0 bridgehead atoms. The van der Waals surface area contributed by atoms with E-state index in [0.717, 1.165) is 5.56 Å². The van der Waals surface area contributed by atoms with Gasteiger partial charge in [0.05, 0.1) is 29.3 Å². The van der Waals surface area contributed by atoms with E-state index in [2.05, 4.69) is 4.98 Å². The number of nitrogens with zero attached hydrogens (tertiary/aromatic N) is 2. The lowest BCUT2D eigenvalue weighted by atomic mass is 10.1. The van der Waals surface area contributed by atoms with Crippen LogP contribution in [0.3, 0.4) is 0 Å². The van der Waals surface area contributed by atoms with Gasteiger partial charge in [0.25, 0.3) is 5.56 Å². The van der Waals surface area contributed by atoms with Crippen molar-refractivity contribution in [1.29, 1.82) is 0 Å². The molecule has 0 amide bonds. The van der Waals surface area contributed by atoms with Crippen LogP contribution in [0.2, 0.25) is 0 Å². The third-order valence-corrected chi connectivity index (χ3v) is 5.42. The van der Waals surface area contributed by atoms with Crippen LogP contribution in [-0.4, -0.2) is 34.3 Å². The molecule has 0 fully saturated rings. The monoisotopic (exact) mass is 382 g/mol. The molecule has 1 atom stereocenters. The predicted octanol–water partition coefficient (Wildman–Crippen LogP) is 3.71. The highest BCUT2D eigenvalue weighted by Crippen LogP contribution is 2.25. The first kappa shape index (κ1) is 19.3.